The van der Waals surface area contributed by atoms with Crippen LogP contribution >= 0.6 is 11.6 Å². The molecule has 0 bridgehead atoms. The molecule has 2 aromatic rings. The Morgan fingerprint density at radius 1 is 0.955 bits per heavy atom. The van der Waals surface area contributed by atoms with E-state index in [1.54, 1.807) is 0 Å². The lowest BCUT2D eigenvalue weighted by molar-refractivity contribution is 0.0565. The van der Waals surface area contributed by atoms with Crippen molar-refractivity contribution in [2.45, 2.75) is 24.9 Å². The number of hydrogen-bond donors (Lipinski definition) is 1. The number of nitrogens with one attached hydrogen (secondary N) is 1. The minimum atomic E-state index is 0.102. The second-order valence-electron chi connectivity index (χ2n) is 6.02. The first-order valence-electron chi connectivity index (χ1n) is 7.87. The molecule has 0 amide bonds. The van der Waals surface area contributed by atoms with E-state index in [0.717, 1.165) is 37.6 Å². The Balaban J connectivity index is 1.70. The van der Waals surface area contributed by atoms with Gasteiger partial charge >= 0.3 is 0 Å². The van der Waals surface area contributed by atoms with E-state index >= 15 is 0 Å². The standard InChI is InChI=1S/C19H22ClNO/c20-18-8-6-17(7-9-18)19(10-12-21-13-11-19)15-22-14-16-4-2-1-3-5-16/h1-9,21H,10-15H2. The summed E-state index contributed by atoms with van der Waals surface area (Å²) in [5, 5.41) is 4.24. The molecule has 116 valence electrons. The van der Waals surface area contributed by atoms with E-state index in [0.29, 0.717) is 6.61 Å². The molecule has 0 aliphatic carbocycles. The highest BCUT2D eigenvalue weighted by Crippen LogP contribution is 2.34. The van der Waals surface area contributed by atoms with Crippen molar-refractivity contribution < 1.29 is 4.74 Å². The minimum absolute atomic E-state index is 0.102. The van der Waals surface area contributed by atoms with Gasteiger partial charge in [0.25, 0.3) is 0 Å². The second-order valence-corrected chi connectivity index (χ2v) is 6.45. The zero-order valence-corrected chi connectivity index (χ0v) is 13.5. The van der Waals surface area contributed by atoms with Gasteiger partial charge in [0.05, 0.1) is 13.2 Å². The Hall–Kier alpha value is -1.35. The van der Waals surface area contributed by atoms with Gasteiger partial charge in [-0.25, -0.2) is 0 Å². The highest BCUT2D eigenvalue weighted by Gasteiger charge is 2.34. The smallest absolute Gasteiger partial charge is 0.0717 e. The largest absolute Gasteiger partial charge is 0.376 e. The maximum absolute atomic E-state index is 6.09. The first kappa shape index (κ1) is 15.5. The van der Waals surface area contributed by atoms with Crippen LogP contribution in [0.3, 0.4) is 0 Å². The van der Waals surface area contributed by atoms with Crippen LogP contribution in [0.25, 0.3) is 0 Å². The zero-order valence-electron chi connectivity index (χ0n) is 12.7. The van der Waals surface area contributed by atoms with Gasteiger partial charge in [0.15, 0.2) is 0 Å². The first-order valence-corrected chi connectivity index (χ1v) is 8.25. The molecule has 0 spiro atoms. The lowest BCUT2D eigenvalue weighted by atomic mass is 9.74. The summed E-state index contributed by atoms with van der Waals surface area (Å²) < 4.78 is 6.09. The van der Waals surface area contributed by atoms with Crippen molar-refractivity contribution in [1.82, 2.24) is 5.32 Å². The Morgan fingerprint density at radius 2 is 1.64 bits per heavy atom. The van der Waals surface area contributed by atoms with Crippen molar-refractivity contribution in [3.05, 3.63) is 70.7 Å². The van der Waals surface area contributed by atoms with E-state index in [1.165, 1.54) is 11.1 Å². The average molecular weight is 316 g/mol. The summed E-state index contributed by atoms with van der Waals surface area (Å²) in [6, 6.07) is 18.6. The van der Waals surface area contributed by atoms with Crippen molar-refractivity contribution in [2.75, 3.05) is 19.7 Å². The van der Waals surface area contributed by atoms with Crippen molar-refractivity contribution >= 4 is 11.6 Å². The fourth-order valence-corrected chi connectivity index (χ4v) is 3.29. The van der Waals surface area contributed by atoms with Crippen molar-refractivity contribution in [3.63, 3.8) is 0 Å². The van der Waals surface area contributed by atoms with Crippen LogP contribution in [0.15, 0.2) is 54.6 Å². The molecule has 1 heterocycles. The molecule has 22 heavy (non-hydrogen) atoms. The molecule has 0 saturated carbocycles. The van der Waals surface area contributed by atoms with Crippen LogP contribution in [0, 0.1) is 0 Å². The van der Waals surface area contributed by atoms with Gasteiger partial charge in [-0.15, -0.1) is 0 Å². The molecule has 1 saturated heterocycles. The maximum atomic E-state index is 6.09. The topological polar surface area (TPSA) is 21.3 Å². The summed E-state index contributed by atoms with van der Waals surface area (Å²) in [5.74, 6) is 0. The zero-order chi connectivity index (χ0) is 15.3. The normalized spacial score (nSPS) is 17.3. The third-order valence-corrected chi connectivity index (χ3v) is 4.76. The number of hydrogen-bond acceptors (Lipinski definition) is 2. The molecule has 1 aliphatic heterocycles. The SMILES string of the molecule is Clc1ccc(C2(COCc3ccccc3)CCNCC2)cc1. The van der Waals surface area contributed by atoms with E-state index in [4.69, 9.17) is 16.3 Å². The third-order valence-electron chi connectivity index (χ3n) is 4.51. The molecular formula is C19H22ClNO. The molecule has 1 fully saturated rings. The number of benzene rings is 2. The van der Waals surface area contributed by atoms with Crippen LogP contribution in [0.2, 0.25) is 5.02 Å². The molecule has 3 heteroatoms. The molecule has 1 aliphatic rings. The highest BCUT2D eigenvalue weighted by molar-refractivity contribution is 6.30. The number of halogens is 1. The monoisotopic (exact) mass is 315 g/mol. The summed E-state index contributed by atoms with van der Waals surface area (Å²) in [4.78, 5) is 0. The predicted octanol–water partition coefficient (Wildman–Crippen LogP) is 4.18. The van der Waals surface area contributed by atoms with Gasteiger partial charge in [0.1, 0.15) is 0 Å². The summed E-state index contributed by atoms with van der Waals surface area (Å²) in [5.41, 5.74) is 2.67. The molecule has 0 aromatic heterocycles. The lowest BCUT2D eigenvalue weighted by Gasteiger charge is -2.38. The molecule has 2 aromatic carbocycles. The Bertz CT molecular complexity index is 576. The molecule has 0 unspecified atom stereocenters. The van der Waals surface area contributed by atoms with Crippen LogP contribution in [0.1, 0.15) is 24.0 Å². The number of ether oxygens (including phenoxy) is 1. The first-order chi connectivity index (χ1) is 10.8. The van der Waals surface area contributed by atoms with Gasteiger partial charge in [-0.05, 0) is 49.2 Å². The molecular weight excluding hydrogens is 294 g/mol. The quantitative estimate of drug-likeness (QED) is 0.893. The van der Waals surface area contributed by atoms with Gasteiger partial charge < -0.3 is 10.1 Å². The van der Waals surface area contributed by atoms with Gasteiger partial charge in [-0.2, -0.15) is 0 Å². The summed E-state index contributed by atoms with van der Waals surface area (Å²) >= 11 is 6.04. The summed E-state index contributed by atoms with van der Waals surface area (Å²) in [6.07, 6.45) is 2.20. The molecule has 3 rings (SSSR count). The van der Waals surface area contributed by atoms with Crippen LogP contribution in [0.4, 0.5) is 0 Å². The molecule has 2 nitrogen and oxygen atoms in total. The predicted molar refractivity (Wildman–Crippen MR) is 91.3 cm³/mol. The highest BCUT2D eigenvalue weighted by atomic mass is 35.5. The third kappa shape index (κ3) is 3.70. The molecule has 0 radical (unpaired) electrons. The van der Waals surface area contributed by atoms with E-state index < -0.39 is 0 Å². The van der Waals surface area contributed by atoms with Crippen LogP contribution in [0.5, 0.6) is 0 Å². The van der Waals surface area contributed by atoms with Crippen molar-refractivity contribution in [1.29, 1.82) is 0 Å². The Kier molecular flexibility index (Phi) is 5.14. The van der Waals surface area contributed by atoms with Gasteiger partial charge in [-0.3, -0.25) is 0 Å². The second kappa shape index (κ2) is 7.28. The molecule has 0 atom stereocenters. The fourth-order valence-electron chi connectivity index (χ4n) is 3.16. The van der Waals surface area contributed by atoms with E-state index in [1.807, 2.05) is 18.2 Å². The summed E-state index contributed by atoms with van der Waals surface area (Å²) in [7, 11) is 0. The Morgan fingerprint density at radius 3 is 2.32 bits per heavy atom. The van der Waals surface area contributed by atoms with Crippen molar-refractivity contribution in [2.24, 2.45) is 0 Å². The maximum Gasteiger partial charge on any atom is 0.0717 e. The van der Waals surface area contributed by atoms with E-state index in [9.17, 15) is 0 Å². The van der Waals surface area contributed by atoms with Crippen LogP contribution < -0.4 is 5.32 Å². The van der Waals surface area contributed by atoms with E-state index in [-0.39, 0.29) is 5.41 Å². The van der Waals surface area contributed by atoms with Gasteiger partial charge in [0.2, 0.25) is 0 Å². The fraction of sp³-hybridized carbons (Fsp3) is 0.368. The lowest BCUT2D eigenvalue weighted by Crippen LogP contribution is -2.43. The minimum Gasteiger partial charge on any atom is -0.376 e. The van der Waals surface area contributed by atoms with E-state index in [2.05, 4.69) is 41.7 Å². The van der Waals surface area contributed by atoms with Crippen molar-refractivity contribution in [3.8, 4) is 0 Å². The number of piperidine rings is 1. The van der Waals surface area contributed by atoms with Crippen LogP contribution in [-0.4, -0.2) is 19.7 Å². The van der Waals surface area contributed by atoms with Crippen LogP contribution in [-0.2, 0) is 16.8 Å². The Labute approximate surface area is 137 Å². The summed E-state index contributed by atoms with van der Waals surface area (Å²) in [6.45, 7) is 3.50. The van der Waals surface area contributed by atoms with Gasteiger partial charge in [0, 0.05) is 10.4 Å². The molecule has 1 N–H and O–H groups in total. The van der Waals surface area contributed by atoms with Gasteiger partial charge in [-0.1, -0.05) is 54.1 Å². The number of rotatable bonds is 5. The average Bonchev–Trinajstić information content (AvgIpc) is 2.57.